The highest BCUT2D eigenvalue weighted by molar-refractivity contribution is 5.97. The number of likely N-dealkylation sites (tertiary alicyclic amines) is 1. The van der Waals surface area contributed by atoms with Crippen LogP contribution in [0.1, 0.15) is 36.5 Å². The summed E-state index contributed by atoms with van der Waals surface area (Å²) in [5, 5.41) is 11.9. The number of benzene rings is 1. The lowest BCUT2D eigenvalue weighted by Crippen LogP contribution is -2.47. The molecule has 1 heterocycles. The molecule has 0 saturated carbocycles. The molecule has 1 unspecified atom stereocenters. The summed E-state index contributed by atoms with van der Waals surface area (Å²) >= 11 is 0. The zero-order valence-corrected chi connectivity index (χ0v) is 13.8. The predicted molar refractivity (Wildman–Crippen MR) is 89.2 cm³/mol. The summed E-state index contributed by atoms with van der Waals surface area (Å²) in [4.78, 5) is 36.3. The van der Waals surface area contributed by atoms with E-state index in [0.29, 0.717) is 24.2 Å². The maximum Gasteiger partial charge on any atom is 0.320 e. The van der Waals surface area contributed by atoms with E-state index in [-0.39, 0.29) is 30.6 Å². The van der Waals surface area contributed by atoms with Crippen molar-refractivity contribution in [3.8, 4) is 0 Å². The van der Waals surface area contributed by atoms with Gasteiger partial charge >= 0.3 is 5.97 Å². The van der Waals surface area contributed by atoms with Crippen LogP contribution in [-0.4, -0.2) is 46.8 Å². The maximum absolute atomic E-state index is 12.1. The van der Waals surface area contributed by atoms with Crippen LogP contribution in [0.2, 0.25) is 0 Å². The number of Topliss-reactive ketones (excluding diaryl/α,β-unsaturated/α-hetero) is 1. The highest BCUT2D eigenvalue weighted by atomic mass is 35.5. The summed E-state index contributed by atoms with van der Waals surface area (Å²) in [6.07, 6.45) is 2.34. The largest absolute Gasteiger partial charge is 0.480 e. The molecule has 0 radical (unpaired) electrons. The predicted octanol–water partition coefficient (Wildman–Crippen LogP) is 2.19. The first-order valence-electron chi connectivity index (χ1n) is 7.35. The summed E-state index contributed by atoms with van der Waals surface area (Å²) < 4.78 is 0. The van der Waals surface area contributed by atoms with Crippen LogP contribution in [0.15, 0.2) is 24.3 Å². The van der Waals surface area contributed by atoms with Gasteiger partial charge in [0.25, 0.3) is 0 Å². The summed E-state index contributed by atoms with van der Waals surface area (Å²) in [6, 6.07) is 6.11. The van der Waals surface area contributed by atoms with Gasteiger partial charge < -0.3 is 10.4 Å². The fourth-order valence-electron chi connectivity index (χ4n) is 2.66. The molecule has 0 spiro atoms. The van der Waals surface area contributed by atoms with E-state index in [0.717, 1.165) is 12.8 Å². The lowest BCUT2D eigenvalue weighted by molar-refractivity contribution is -0.145. The van der Waals surface area contributed by atoms with Gasteiger partial charge in [0.1, 0.15) is 6.04 Å². The lowest BCUT2D eigenvalue weighted by atomic mass is 10.0. The number of ketones is 1. The van der Waals surface area contributed by atoms with Gasteiger partial charge in [0, 0.05) is 11.3 Å². The van der Waals surface area contributed by atoms with Crippen LogP contribution in [0.5, 0.6) is 0 Å². The van der Waals surface area contributed by atoms with Crippen molar-refractivity contribution in [2.24, 2.45) is 0 Å². The summed E-state index contributed by atoms with van der Waals surface area (Å²) in [7, 11) is 0. The van der Waals surface area contributed by atoms with Gasteiger partial charge in [-0.1, -0.05) is 18.6 Å². The van der Waals surface area contributed by atoms with E-state index < -0.39 is 12.0 Å². The van der Waals surface area contributed by atoms with Gasteiger partial charge in [-0.25, -0.2) is 0 Å². The number of carboxylic acids is 1. The van der Waals surface area contributed by atoms with Crippen molar-refractivity contribution in [1.29, 1.82) is 0 Å². The molecule has 2 N–H and O–H groups in total. The third kappa shape index (κ3) is 5.33. The standard InChI is InChI=1S/C16H20N2O4.ClH/c1-11(19)12-5-4-6-13(9-12)17-15(20)10-18-8-3-2-7-14(18)16(21)22;/h4-6,9,14H,2-3,7-8,10H2,1H3,(H,17,20)(H,21,22);1H. The third-order valence-electron chi connectivity index (χ3n) is 3.80. The first-order valence-corrected chi connectivity index (χ1v) is 7.35. The second-order valence-corrected chi connectivity index (χ2v) is 5.51. The fraction of sp³-hybridized carbons (Fsp3) is 0.438. The molecule has 126 valence electrons. The Morgan fingerprint density at radius 1 is 1.30 bits per heavy atom. The molecule has 1 aliphatic rings. The highest BCUT2D eigenvalue weighted by Gasteiger charge is 2.29. The van der Waals surface area contributed by atoms with Crippen molar-refractivity contribution in [2.75, 3.05) is 18.4 Å². The van der Waals surface area contributed by atoms with Gasteiger partial charge in [-0.2, -0.15) is 0 Å². The third-order valence-corrected chi connectivity index (χ3v) is 3.80. The number of amides is 1. The van der Waals surface area contributed by atoms with Gasteiger partial charge in [-0.05, 0) is 38.4 Å². The number of carboxylic acid groups (broad SMARTS) is 1. The van der Waals surface area contributed by atoms with E-state index in [2.05, 4.69) is 5.32 Å². The zero-order chi connectivity index (χ0) is 16.1. The topological polar surface area (TPSA) is 86.7 Å². The summed E-state index contributed by atoms with van der Waals surface area (Å²) in [6.45, 7) is 2.12. The number of carbonyl (C=O) groups excluding carboxylic acids is 2. The Morgan fingerprint density at radius 2 is 2.04 bits per heavy atom. The molecule has 1 aliphatic heterocycles. The van der Waals surface area contributed by atoms with Crippen molar-refractivity contribution >= 4 is 35.8 Å². The van der Waals surface area contributed by atoms with Gasteiger partial charge in [-0.15, -0.1) is 12.4 Å². The number of anilines is 1. The Balaban J connectivity index is 0.00000264. The van der Waals surface area contributed by atoms with E-state index >= 15 is 0 Å². The number of rotatable bonds is 5. The van der Waals surface area contributed by atoms with Crippen molar-refractivity contribution < 1.29 is 19.5 Å². The van der Waals surface area contributed by atoms with Crippen LogP contribution in [-0.2, 0) is 9.59 Å². The normalized spacial score (nSPS) is 17.9. The Morgan fingerprint density at radius 3 is 2.70 bits per heavy atom. The molecule has 6 nitrogen and oxygen atoms in total. The Labute approximate surface area is 141 Å². The van der Waals surface area contributed by atoms with E-state index in [9.17, 15) is 19.5 Å². The van der Waals surface area contributed by atoms with Crippen LogP contribution in [0, 0.1) is 0 Å². The van der Waals surface area contributed by atoms with Crippen LogP contribution in [0.4, 0.5) is 5.69 Å². The van der Waals surface area contributed by atoms with Crippen LogP contribution in [0.3, 0.4) is 0 Å². The van der Waals surface area contributed by atoms with Crippen LogP contribution < -0.4 is 5.32 Å². The second kappa shape index (κ2) is 8.64. The maximum atomic E-state index is 12.1. The second-order valence-electron chi connectivity index (χ2n) is 5.51. The number of nitrogens with one attached hydrogen (secondary N) is 1. The van der Waals surface area contributed by atoms with Gasteiger partial charge in [0.2, 0.25) is 5.91 Å². The molecule has 1 aromatic rings. The van der Waals surface area contributed by atoms with Gasteiger partial charge in [-0.3, -0.25) is 19.3 Å². The molecule has 0 bridgehead atoms. The average Bonchev–Trinajstić information content (AvgIpc) is 2.47. The van der Waals surface area contributed by atoms with Gasteiger partial charge in [0.05, 0.1) is 6.54 Å². The Bertz CT molecular complexity index is 591. The van der Waals surface area contributed by atoms with E-state index in [4.69, 9.17) is 0 Å². The van der Waals surface area contributed by atoms with Crippen molar-refractivity contribution in [3.63, 3.8) is 0 Å². The highest BCUT2D eigenvalue weighted by Crippen LogP contribution is 2.17. The smallest absolute Gasteiger partial charge is 0.320 e. The van der Waals surface area contributed by atoms with Gasteiger partial charge in [0.15, 0.2) is 5.78 Å². The number of aliphatic carboxylic acids is 1. The van der Waals surface area contributed by atoms with E-state index in [1.807, 2.05) is 0 Å². The van der Waals surface area contributed by atoms with E-state index in [1.54, 1.807) is 29.2 Å². The minimum atomic E-state index is -0.883. The van der Waals surface area contributed by atoms with Crippen molar-refractivity contribution in [3.05, 3.63) is 29.8 Å². The average molecular weight is 341 g/mol. The minimum Gasteiger partial charge on any atom is -0.480 e. The van der Waals surface area contributed by atoms with Crippen molar-refractivity contribution in [2.45, 2.75) is 32.2 Å². The Hall–Kier alpha value is -1.92. The molecular formula is C16H21ClN2O4. The molecule has 0 aliphatic carbocycles. The monoisotopic (exact) mass is 340 g/mol. The fourth-order valence-corrected chi connectivity index (χ4v) is 2.66. The zero-order valence-electron chi connectivity index (χ0n) is 12.9. The number of hydrogen-bond donors (Lipinski definition) is 2. The number of piperidine rings is 1. The Kier molecular flexibility index (Phi) is 7.19. The quantitative estimate of drug-likeness (QED) is 0.802. The minimum absolute atomic E-state index is 0. The lowest BCUT2D eigenvalue weighted by Gasteiger charge is -2.32. The molecule has 1 saturated heterocycles. The molecule has 2 rings (SSSR count). The molecule has 23 heavy (non-hydrogen) atoms. The van der Waals surface area contributed by atoms with Crippen LogP contribution >= 0.6 is 12.4 Å². The molecule has 1 fully saturated rings. The van der Waals surface area contributed by atoms with Crippen LogP contribution in [0.25, 0.3) is 0 Å². The number of carbonyl (C=O) groups is 3. The first-order chi connectivity index (χ1) is 10.5. The SMILES string of the molecule is CC(=O)c1cccc(NC(=O)CN2CCCCC2C(=O)O)c1.Cl. The number of halogens is 1. The van der Waals surface area contributed by atoms with Crippen molar-refractivity contribution in [1.82, 2.24) is 4.90 Å². The molecule has 1 amide bonds. The summed E-state index contributed by atoms with van der Waals surface area (Å²) in [5.74, 6) is -1.22. The molecule has 1 aromatic carbocycles. The molecule has 7 heteroatoms. The molecular weight excluding hydrogens is 320 g/mol. The van der Waals surface area contributed by atoms with E-state index in [1.165, 1.54) is 6.92 Å². The molecule has 1 atom stereocenters. The molecule has 0 aromatic heterocycles. The first kappa shape index (κ1) is 19.1. The number of hydrogen-bond acceptors (Lipinski definition) is 4. The summed E-state index contributed by atoms with van der Waals surface area (Å²) in [5.41, 5.74) is 1.07. The number of nitrogens with zero attached hydrogens (tertiary/aromatic N) is 1.